The Labute approximate surface area is 166 Å². The number of amides is 1. The van der Waals surface area contributed by atoms with E-state index in [0.29, 0.717) is 26.1 Å². The monoisotopic (exact) mass is 387 g/mol. The average molecular weight is 387 g/mol. The summed E-state index contributed by atoms with van der Waals surface area (Å²) in [6.45, 7) is 5.09. The van der Waals surface area contributed by atoms with Crippen LogP contribution in [0.5, 0.6) is 5.75 Å². The Kier molecular flexibility index (Phi) is 6.08. The molecule has 2 heterocycles. The number of hydrogen-bond acceptors (Lipinski definition) is 5. The molecule has 0 aromatic heterocycles. The van der Waals surface area contributed by atoms with Gasteiger partial charge < -0.3 is 19.5 Å². The van der Waals surface area contributed by atoms with E-state index in [0.717, 1.165) is 18.6 Å². The zero-order valence-corrected chi connectivity index (χ0v) is 16.6. The van der Waals surface area contributed by atoms with Crippen molar-refractivity contribution in [3.63, 3.8) is 0 Å². The maximum absolute atomic E-state index is 13.0. The SMILES string of the molecule is CC1(C)CC(=O)C=C(C(=O)N2CCCC(CO)(CCOc3ccccc3)C2)O1. The maximum Gasteiger partial charge on any atom is 0.289 e. The van der Waals surface area contributed by atoms with Crippen molar-refractivity contribution in [3.05, 3.63) is 42.2 Å². The van der Waals surface area contributed by atoms with Crippen LogP contribution in [-0.4, -0.2) is 53.6 Å². The van der Waals surface area contributed by atoms with Gasteiger partial charge in [-0.2, -0.15) is 0 Å². The summed E-state index contributed by atoms with van der Waals surface area (Å²) in [6.07, 6.45) is 3.84. The van der Waals surface area contributed by atoms with Crippen molar-refractivity contribution in [1.82, 2.24) is 4.90 Å². The lowest BCUT2D eigenvalue weighted by molar-refractivity contribution is -0.141. The lowest BCUT2D eigenvalue weighted by atomic mass is 9.78. The van der Waals surface area contributed by atoms with Crippen LogP contribution < -0.4 is 4.74 Å². The standard InChI is InChI=1S/C22H29NO5/c1-21(2)14-17(25)13-19(28-21)20(26)23-11-6-9-22(15-23,16-24)10-12-27-18-7-4-3-5-8-18/h3-5,7-8,13,24H,6,9-12,14-16H2,1-2H3. The van der Waals surface area contributed by atoms with Gasteiger partial charge in [-0.25, -0.2) is 0 Å². The minimum atomic E-state index is -0.676. The summed E-state index contributed by atoms with van der Waals surface area (Å²) in [5.74, 6) is 0.528. The van der Waals surface area contributed by atoms with Crippen LogP contribution in [-0.2, 0) is 14.3 Å². The molecule has 1 N–H and O–H groups in total. The number of ketones is 1. The lowest BCUT2D eigenvalue weighted by Crippen LogP contribution is -2.50. The quantitative estimate of drug-likeness (QED) is 0.812. The molecule has 1 aromatic carbocycles. The van der Waals surface area contributed by atoms with Gasteiger partial charge >= 0.3 is 0 Å². The first kappa shape index (κ1) is 20.4. The van der Waals surface area contributed by atoms with Crippen LogP contribution in [0.3, 0.4) is 0 Å². The van der Waals surface area contributed by atoms with Crippen LogP contribution in [0, 0.1) is 5.41 Å². The molecule has 1 atom stereocenters. The number of ether oxygens (including phenoxy) is 2. The van der Waals surface area contributed by atoms with E-state index in [-0.39, 0.29) is 30.5 Å². The number of carbonyl (C=O) groups excluding carboxylic acids is 2. The number of rotatable bonds is 6. The highest BCUT2D eigenvalue weighted by molar-refractivity contribution is 6.01. The first-order valence-electron chi connectivity index (χ1n) is 9.84. The molecular weight excluding hydrogens is 358 g/mol. The largest absolute Gasteiger partial charge is 0.494 e. The molecule has 6 heteroatoms. The number of carbonyl (C=O) groups is 2. The maximum atomic E-state index is 13.0. The zero-order valence-electron chi connectivity index (χ0n) is 16.6. The van der Waals surface area contributed by atoms with E-state index in [4.69, 9.17) is 9.47 Å². The van der Waals surface area contributed by atoms with E-state index in [9.17, 15) is 14.7 Å². The van der Waals surface area contributed by atoms with Crippen molar-refractivity contribution in [3.8, 4) is 5.75 Å². The first-order chi connectivity index (χ1) is 13.3. The van der Waals surface area contributed by atoms with Gasteiger partial charge in [0.25, 0.3) is 5.91 Å². The normalized spacial score (nSPS) is 24.3. The van der Waals surface area contributed by atoms with Gasteiger partial charge in [-0.05, 0) is 45.2 Å². The molecule has 2 aliphatic rings. The summed E-state index contributed by atoms with van der Waals surface area (Å²) < 4.78 is 11.6. The predicted molar refractivity (Wildman–Crippen MR) is 105 cm³/mol. The number of piperidine rings is 1. The van der Waals surface area contributed by atoms with Gasteiger partial charge in [0.1, 0.15) is 11.4 Å². The molecular formula is C22H29NO5. The number of likely N-dealkylation sites (tertiary alicyclic amines) is 1. The molecule has 0 aliphatic carbocycles. The molecule has 1 saturated heterocycles. The lowest BCUT2D eigenvalue weighted by Gasteiger charge is -2.42. The highest BCUT2D eigenvalue weighted by atomic mass is 16.5. The number of aliphatic hydroxyl groups is 1. The van der Waals surface area contributed by atoms with Crippen molar-refractivity contribution in [2.75, 3.05) is 26.3 Å². The van der Waals surface area contributed by atoms with Gasteiger partial charge in [-0.3, -0.25) is 9.59 Å². The Hall–Kier alpha value is -2.34. The van der Waals surface area contributed by atoms with Crippen molar-refractivity contribution in [1.29, 1.82) is 0 Å². The van der Waals surface area contributed by atoms with Crippen molar-refractivity contribution in [2.45, 2.75) is 45.1 Å². The molecule has 1 fully saturated rings. The Morgan fingerprint density at radius 2 is 2.04 bits per heavy atom. The van der Waals surface area contributed by atoms with Crippen molar-refractivity contribution < 1.29 is 24.2 Å². The summed E-state index contributed by atoms with van der Waals surface area (Å²) >= 11 is 0. The van der Waals surface area contributed by atoms with E-state index < -0.39 is 11.0 Å². The second kappa shape index (κ2) is 8.35. The molecule has 152 valence electrons. The van der Waals surface area contributed by atoms with Gasteiger partial charge in [-0.15, -0.1) is 0 Å². The molecule has 0 saturated carbocycles. The van der Waals surface area contributed by atoms with Crippen LogP contribution in [0.4, 0.5) is 0 Å². The van der Waals surface area contributed by atoms with E-state index >= 15 is 0 Å². The third kappa shape index (κ3) is 4.93. The van der Waals surface area contributed by atoms with Crippen LogP contribution in [0.15, 0.2) is 42.2 Å². The molecule has 0 bridgehead atoms. The smallest absolute Gasteiger partial charge is 0.289 e. The zero-order chi connectivity index (χ0) is 20.2. The molecule has 0 spiro atoms. The number of allylic oxidation sites excluding steroid dienone is 1. The van der Waals surface area contributed by atoms with Gasteiger partial charge in [0, 0.05) is 31.0 Å². The van der Waals surface area contributed by atoms with Gasteiger partial charge in [0.15, 0.2) is 11.5 Å². The summed E-state index contributed by atoms with van der Waals surface area (Å²) in [5.41, 5.74) is -1.08. The third-order valence-corrected chi connectivity index (χ3v) is 5.42. The number of benzene rings is 1. The first-order valence-corrected chi connectivity index (χ1v) is 9.84. The molecule has 0 radical (unpaired) electrons. The highest BCUT2D eigenvalue weighted by Gasteiger charge is 2.40. The molecule has 2 aliphatic heterocycles. The van der Waals surface area contributed by atoms with E-state index in [1.165, 1.54) is 6.08 Å². The molecule has 28 heavy (non-hydrogen) atoms. The fourth-order valence-corrected chi connectivity index (χ4v) is 3.94. The summed E-state index contributed by atoms with van der Waals surface area (Å²) in [4.78, 5) is 26.6. The van der Waals surface area contributed by atoms with Crippen LogP contribution in [0.1, 0.15) is 39.5 Å². The number of hydrogen-bond donors (Lipinski definition) is 1. The Balaban J connectivity index is 1.64. The van der Waals surface area contributed by atoms with Crippen molar-refractivity contribution >= 4 is 11.7 Å². The van der Waals surface area contributed by atoms with Gasteiger partial charge in [0.2, 0.25) is 0 Å². The Morgan fingerprint density at radius 3 is 2.71 bits per heavy atom. The molecule has 3 rings (SSSR count). The predicted octanol–water partition coefficient (Wildman–Crippen LogP) is 2.71. The second-order valence-electron chi connectivity index (χ2n) is 8.41. The van der Waals surface area contributed by atoms with E-state index in [1.54, 1.807) is 18.7 Å². The molecule has 1 aromatic rings. The number of aliphatic hydroxyl groups excluding tert-OH is 1. The highest BCUT2D eigenvalue weighted by Crippen LogP contribution is 2.35. The minimum Gasteiger partial charge on any atom is -0.494 e. The summed E-state index contributed by atoms with van der Waals surface area (Å²) in [5, 5.41) is 10.1. The summed E-state index contributed by atoms with van der Waals surface area (Å²) in [7, 11) is 0. The van der Waals surface area contributed by atoms with Crippen LogP contribution in [0.2, 0.25) is 0 Å². The Morgan fingerprint density at radius 1 is 1.29 bits per heavy atom. The Bertz CT molecular complexity index is 743. The number of para-hydroxylation sites is 1. The topological polar surface area (TPSA) is 76.1 Å². The molecule has 1 amide bonds. The van der Waals surface area contributed by atoms with Gasteiger partial charge in [0.05, 0.1) is 13.2 Å². The van der Waals surface area contributed by atoms with Gasteiger partial charge in [-0.1, -0.05) is 18.2 Å². The molecule has 6 nitrogen and oxygen atoms in total. The van der Waals surface area contributed by atoms with E-state index in [1.807, 2.05) is 30.3 Å². The van der Waals surface area contributed by atoms with Crippen LogP contribution >= 0.6 is 0 Å². The van der Waals surface area contributed by atoms with Crippen molar-refractivity contribution in [2.24, 2.45) is 5.41 Å². The third-order valence-electron chi connectivity index (χ3n) is 5.42. The number of nitrogens with zero attached hydrogens (tertiary/aromatic N) is 1. The minimum absolute atomic E-state index is 0.0146. The average Bonchev–Trinajstić information content (AvgIpc) is 2.67. The fourth-order valence-electron chi connectivity index (χ4n) is 3.94. The fraction of sp³-hybridized carbons (Fsp3) is 0.545. The van der Waals surface area contributed by atoms with Crippen LogP contribution in [0.25, 0.3) is 0 Å². The summed E-state index contributed by atoms with van der Waals surface area (Å²) in [6, 6.07) is 9.56. The second-order valence-corrected chi connectivity index (χ2v) is 8.41. The van der Waals surface area contributed by atoms with E-state index in [2.05, 4.69) is 0 Å². The molecule has 1 unspecified atom stereocenters.